The number of anilines is 2. The Kier molecular flexibility index (Phi) is 7.23. The molecule has 2 aliphatic rings. The Hall–Kier alpha value is -3.00. The minimum Gasteiger partial charge on any atom is -0.378 e. The first-order valence-corrected chi connectivity index (χ1v) is 11.8. The first kappa shape index (κ1) is 23.2. The highest BCUT2D eigenvalue weighted by atomic mass is 16.2. The maximum atomic E-state index is 13.1. The molecule has 3 heterocycles. The van der Waals surface area contributed by atoms with Gasteiger partial charge in [-0.3, -0.25) is 9.69 Å². The Morgan fingerprint density at radius 2 is 1.58 bits per heavy atom. The van der Waals surface area contributed by atoms with Gasteiger partial charge < -0.3 is 20.9 Å². The third-order valence-corrected chi connectivity index (χ3v) is 6.98. The van der Waals surface area contributed by atoms with Gasteiger partial charge in [0.05, 0.1) is 0 Å². The fraction of sp³-hybridized carbons (Fsp3) is 0.520. The van der Waals surface area contributed by atoms with E-state index in [1.807, 2.05) is 31.1 Å². The molecule has 0 atom stereocenters. The smallest absolute Gasteiger partial charge is 0.225 e. The molecule has 2 aromatic rings. The van der Waals surface area contributed by atoms with Crippen molar-refractivity contribution in [2.75, 3.05) is 50.9 Å². The molecule has 1 amide bonds. The van der Waals surface area contributed by atoms with E-state index in [1.54, 1.807) is 12.4 Å². The van der Waals surface area contributed by atoms with Crippen LogP contribution in [0.25, 0.3) is 0 Å². The van der Waals surface area contributed by atoms with Gasteiger partial charge in [-0.2, -0.15) is 0 Å². The first-order valence-electron chi connectivity index (χ1n) is 11.8. The molecule has 2 aliphatic heterocycles. The monoisotopic (exact) mass is 449 g/mol. The van der Waals surface area contributed by atoms with Gasteiger partial charge in [-0.15, -0.1) is 0 Å². The van der Waals surface area contributed by atoms with Gasteiger partial charge in [0.2, 0.25) is 11.9 Å². The molecule has 8 nitrogen and oxygen atoms in total. The molecule has 2 fully saturated rings. The molecule has 0 radical (unpaired) electrons. The minimum atomic E-state index is 0.110. The van der Waals surface area contributed by atoms with Crippen LogP contribution in [0, 0.1) is 17.2 Å². The topological polar surface area (TPSA) is 102 Å². The third kappa shape index (κ3) is 5.68. The number of amides is 1. The normalized spacial score (nSPS) is 18.3. The molecule has 2 saturated heterocycles. The number of carbonyl (C=O) groups is 1. The Morgan fingerprint density at radius 3 is 2.15 bits per heavy atom. The molecule has 0 spiro atoms. The number of nitrogen functional groups attached to an aromatic ring is 1. The number of aromatic nitrogens is 2. The van der Waals surface area contributed by atoms with Crippen molar-refractivity contribution in [3.05, 3.63) is 47.8 Å². The zero-order chi connectivity index (χ0) is 23.4. The Bertz CT molecular complexity index is 942. The number of hydrogen-bond acceptors (Lipinski definition) is 7. The summed E-state index contributed by atoms with van der Waals surface area (Å²) < 4.78 is 0. The number of carbonyl (C=O) groups excluding carboxylic acids is 1. The second-order valence-electron chi connectivity index (χ2n) is 9.45. The Morgan fingerprint density at radius 1 is 1.00 bits per heavy atom. The van der Waals surface area contributed by atoms with E-state index < -0.39 is 0 Å². The Labute approximate surface area is 196 Å². The van der Waals surface area contributed by atoms with Crippen LogP contribution in [0.3, 0.4) is 0 Å². The highest BCUT2D eigenvalue weighted by Gasteiger charge is 2.32. The van der Waals surface area contributed by atoms with E-state index in [1.165, 1.54) is 0 Å². The fourth-order valence-corrected chi connectivity index (χ4v) is 4.86. The van der Waals surface area contributed by atoms with Crippen LogP contribution in [0.1, 0.15) is 36.8 Å². The van der Waals surface area contributed by atoms with Crippen molar-refractivity contribution in [3.63, 3.8) is 0 Å². The van der Waals surface area contributed by atoms with Crippen LogP contribution in [-0.4, -0.2) is 71.7 Å². The van der Waals surface area contributed by atoms with Gasteiger partial charge in [0.25, 0.3) is 0 Å². The largest absolute Gasteiger partial charge is 0.378 e. The van der Waals surface area contributed by atoms with Crippen molar-refractivity contribution in [1.29, 1.82) is 5.41 Å². The van der Waals surface area contributed by atoms with Crippen molar-refractivity contribution in [3.8, 4) is 0 Å². The predicted molar refractivity (Wildman–Crippen MR) is 131 cm³/mol. The van der Waals surface area contributed by atoms with E-state index in [9.17, 15) is 4.79 Å². The SMILES string of the molecule is CN(C)c1ccc(C(=N)C2CCN(C(=O)C3CCN(Cc4cnc(N)nc4)CC3)CC2)cc1. The maximum absolute atomic E-state index is 13.1. The van der Waals surface area contributed by atoms with Gasteiger partial charge in [0.1, 0.15) is 0 Å². The Balaban J connectivity index is 1.23. The molecule has 176 valence electrons. The summed E-state index contributed by atoms with van der Waals surface area (Å²) in [7, 11) is 4.04. The summed E-state index contributed by atoms with van der Waals surface area (Å²) in [5.41, 5.74) is 9.44. The summed E-state index contributed by atoms with van der Waals surface area (Å²) in [5, 5.41) is 8.66. The number of benzene rings is 1. The van der Waals surface area contributed by atoms with Crippen molar-refractivity contribution in [2.24, 2.45) is 11.8 Å². The molecule has 0 saturated carbocycles. The number of rotatable bonds is 6. The molecule has 8 heteroatoms. The number of nitrogens with one attached hydrogen (secondary N) is 1. The van der Waals surface area contributed by atoms with E-state index >= 15 is 0 Å². The number of nitrogens with zero attached hydrogens (tertiary/aromatic N) is 5. The lowest BCUT2D eigenvalue weighted by atomic mass is 9.87. The first-order chi connectivity index (χ1) is 15.9. The number of hydrogen-bond donors (Lipinski definition) is 2. The van der Waals surface area contributed by atoms with Crippen LogP contribution in [0.15, 0.2) is 36.7 Å². The molecule has 0 bridgehead atoms. The standard InChI is InChI=1S/C25H35N7O/c1-30(2)22-5-3-19(4-6-22)23(26)20-9-13-32(14-10-20)24(33)21-7-11-31(12-8-21)17-18-15-28-25(27)29-16-18/h3-6,15-16,20-21,26H,7-14,17H2,1-2H3,(H2,27,28,29). The van der Waals surface area contributed by atoms with Crippen LogP contribution in [0.5, 0.6) is 0 Å². The third-order valence-electron chi connectivity index (χ3n) is 6.98. The molecule has 33 heavy (non-hydrogen) atoms. The summed E-state index contributed by atoms with van der Waals surface area (Å²) in [4.78, 5) is 27.7. The highest BCUT2D eigenvalue weighted by Crippen LogP contribution is 2.27. The lowest BCUT2D eigenvalue weighted by Gasteiger charge is -2.37. The summed E-state index contributed by atoms with van der Waals surface area (Å²) >= 11 is 0. The molecule has 1 aromatic heterocycles. The predicted octanol–water partition coefficient (Wildman–Crippen LogP) is 2.64. The van der Waals surface area contributed by atoms with Gasteiger partial charge in [0, 0.05) is 74.9 Å². The van der Waals surface area contributed by atoms with Gasteiger partial charge in [-0.25, -0.2) is 9.97 Å². The van der Waals surface area contributed by atoms with Gasteiger partial charge in [0.15, 0.2) is 0 Å². The minimum absolute atomic E-state index is 0.110. The van der Waals surface area contributed by atoms with E-state index in [2.05, 4.69) is 31.9 Å². The average molecular weight is 450 g/mol. The summed E-state index contributed by atoms with van der Waals surface area (Å²) in [6.45, 7) is 4.12. The van der Waals surface area contributed by atoms with Crippen molar-refractivity contribution in [2.45, 2.75) is 32.2 Å². The molecular weight excluding hydrogens is 414 g/mol. The highest BCUT2D eigenvalue weighted by molar-refractivity contribution is 6.00. The number of nitrogens with two attached hydrogens (primary N) is 1. The van der Waals surface area contributed by atoms with Crippen LogP contribution >= 0.6 is 0 Å². The van der Waals surface area contributed by atoms with E-state index in [0.717, 1.165) is 75.2 Å². The van der Waals surface area contributed by atoms with Crippen molar-refractivity contribution < 1.29 is 4.79 Å². The zero-order valence-electron chi connectivity index (χ0n) is 19.7. The molecule has 0 unspecified atom stereocenters. The molecule has 3 N–H and O–H groups in total. The number of piperidine rings is 2. The molecule has 1 aromatic carbocycles. The van der Waals surface area contributed by atoms with E-state index in [-0.39, 0.29) is 11.8 Å². The number of likely N-dealkylation sites (tertiary alicyclic amines) is 2. The van der Waals surface area contributed by atoms with Crippen molar-refractivity contribution >= 4 is 23.3 Å². The lowest BCUT2D eigenvalue weighted by molar-refractivity contribution is -0.138. The van der Waals surface area contributed by atoms with Crippen LogP contribution in [0.2, 0.25) is 0 Å². The zero-order valence-corrected chi connectivity index (χ0v) is 19.7. The molecular formula is C25H35N7O. The van der Waals surface area contributed by atoms with Gasteiger partial charge in [-0.1, -0.05) is 12.1 Å². The maximum Gasteiger partial charge on any atom is 0.225 e. The second kappa shape index (κ2) is 10.3. The van der Waals surface area contributed by atoms with E-state index in [0.29, 0.717) is 17.6 Å². The quantitative estimate of drug-likeness (QED) is 0.658. The molecule has 0 aliphatic carbocycles. The van der Waals surface area contributed by atoms with Crippen LogP contribution < -0.4 is 10.6 Å². The van der Waals surface area contributed by atoms with E-state index in [4.69, 9.17) is 11.1 Å². The fourth-order valence-electron chi connectivity index (χ4n) is 4.86. The summed E-state index contributed by atoms with van der Waals surface area (Å²) in [6, 6.07) is 8.21. The molecule has 4 rings (SSSR count). The summed E-state index contributed by atoms with van der Waals surface area (Å²) in [5.74, 6) is 0.928. The second-order valence-corrected chi connectivity index (χ2v) is 9.45. The lowest BCUT2D eigenvalue weighted by Crippen LogP contribution is -2.46. The van der Waals surface area contributed by atoms with Gasteiger partial charge in [-0.05, 0) is 56.5 Å². The van der Waals surface area contributed by atoms with Crippen LogP contribution in [0.4, 0.5) is 11.6 Å². The van der Waals surface area contributed by atoms with Crippen LogP contribution in [-0.2, 0) is 11.3 Å². The summed E-state index contributed by atoms with van der Waals surface area (Å²) in [6.07, 6.45) is 7.08. The van der Waals surface area contributed by atoms with Gasteiger partial charge >= 0.3 is 0 Å². The average Bonchev–Trinajstić information content (AvgIpc) is 2.85. The van der Waals surface area contributed by atoms with Crippen molar-refractivity contribution in [1.82, 2.24) is 19.8 Å².